The van der Waals surface area contributed by atoms with Crippen LogP contribution in [0.4, 0.5) is 5.69 Å². The Balaban J connectivity index is 1.48. The highest BCUT2D eigenvalue weighted by atomic mass is 16.2. The number of piperazine rings is 1. The van der Waals surface area contributed by atoms with Crippen LogP contribution < -0.4 is 5.32 Å². The van der Waals surface area contributed by atoms with E-state index in [0.29, 0.717) is 18.6 Å². The van der Waals surface area contributed by atoms with E-state index in [0.717, 1.165) is 50.3 Å². The number of nitrogens with one attached hydrogen (secondary N) is 1. The number of piperidine rings is 1. The number of hydrogen-bond acceptors (Lipinski definition) is 4. The number of rotatable bonds is 5. The fourth-order valence-corrected chi connectivity index (χ4v) is 4.82. The number of benzene rings is 1. The molecule has 0 unspecified atom stereocenters. The average Bonchev–Trinajstić information content (AvgIpc) is 2.71. The Bertz CT molecular complexity index is 748. The fraction of sp³-hybridized carbons (Fsp3) is 0.667. The van der Waals surface area contributed by atoms with Gasteiger partial charge in [0.05, 0.1) is 12.6 Å². The molecule has 166 valence electrons. The third-order valence-corrected chi connectivity index (χ3v) is 7.01. The molecule has 2 heterocycles. The van der Waals surface area contributed by atoms with Crippen LogP contribution in [0, 0.1) is 13.8 Å². The molecule has 0 aliphatic carbocycles. The maximum atomic E-state index is 13.1. The van der Waals surface area contributed by atoms with Crippen LogP contribution >= 0.6 is 0 Å². The Morgan fingerprint density at radius 2 is 1.70 bits per heavy atom. The number of nitrogens with zero attached hydrogens (tertiary/aromatic N) is 3. The van der Waals surface area contributed by atoms with Crippen LogP contribution in [0.5, 0.6) is 0 Å². The van der Waals surface area contributed by atoms with Gasteiger partial charge < -0.3 is 10.2 Å². The topological polar surface area (TPSA) is 55.9 Å². The van der Waals surface area contributed by atoms with Crippen LogP contribution in [0.1, 0.15) is 51.2 Å². The summed E-state index contributed by atoms with van der Waals surface area (Å²) in [4.78, 5) is 32.2. The number of anilines is 1. The molecule has 3 rings (SSSR count). The summed E-state index contributed by atoms with van der Waals surface area (Å²) in [6.45, 7) is 14.1. The highest BCUT2D eigenvalue weighted by Crippen LogP contribution is 2.24. The smallest absolute Gasteiger partial charge is 0.240 e. The van der Waals surface area contributed by atoms with E-state index in [2.05, 4.69) is 46.9 Å². The number of carbonyl (C=O) groups excluding carboxylic acids is 2. The van der Waals surface area contributed by atoms with Crippen molar-refractivity contribution in [1.29, 1.82) is 0 Å². The van der Waals surface area contributed by atoms with Crippen molar-refractivity contribution >= 4 is 17.5 Å². The standard InChI is InChI=1S/C24H38N4O2/c1-17-8-6-11-22(20(17)4)25-23(29)16-26-12-14-27(15-13-26)21(5)24(30)28-18(2)9-7-10-19(28)3/h6,8,11,18-19,21H,7,9-10,12-16H2,1-5H3,(H,25,29)/t18-,19+,21-/m0/s1. The van der Waals surface area contributed by atoms with E-state index >= 15 is 0 Å². The van der Waals surface area contributed by atoms with Crippen LogP contribution in [-0.2, 0) is 9.59 Å². The van der Waals surface area contributed by atoms with Gasteiger partial charge in [-0.1, -0.05) is 12.1 Å². The Hall–Kier alpha value is -1.92. The third-order valence-electron chi connectivity index (χ3n) is 7.01. The monoisotopic (exact) mass is 414 g/mol. The minimum absolute atomic E-state index is 0.0252. The molecule has 2 saturated heterocycles. The van der Waals surface area contributed by atoms with Crippen LogP contribution in [0.2, 0.25) is 0 Å². The zero-order valence-electron chi connectivity index (χ0n) is 19.3. The van der Waals surface area contributed by atoms with Gasteiger partial charge in [0, 0.05) is 44.0 Å². The van der Waals surface area contributed by atoms with Crippen LogP contribution in [0.3, 0.4) is 0 Å². The molecule has 0 radical (unpaired) electrons. The summed E-state index contributed by atoms with van der Waals surface area (Å²) in [5, 5.41) is 3.05. The number of likely N-dealkylation sites (tertiary alicyclic amines) is 1. The predicted octanol–water partition coefficient (Wildman–Crippen LogP) is 3.04. The van der Waals surface area contributed by atoms with E-state index in [4.69, 9.17) is 0 Å². The maximum absolute atomic E-state index is 13.1. The number of aryl methyl sites for hydroxylation is 1. The summed E-state index contributed by atoms with van der Waals surface area (Å²) in [6, 6.07) is 6.54. The Labute approximate surface area is 181 Å². The molecule has 2 fully saturated rings. The van der Waals surface area contributed by atoms with Crippen LogP contribution in [-0.4, -0.2) is 77.4 Å². The molecule has 3 atom stereocenters. The molecule has 1 aromatic carbocycles. The molecule has 30 heavy (non-hydrogen) atoms. The lowest BCUT2D eigenvalue weighted by atomic mass is 9.96. The first-order valence-corrected chi connectivity index (χ1v) is 11.4. The quantitative estimate of drug-likeness (QED) is 0.805. The summed E-state index contributed by atoms with van der Waals surface area (Å²) in [5.74, 6) is 0.285. The zero-order valence-corrected chi connectivity index (χ0v) is 19.3. The van der Waals surface area contributed by atoms with E-state index in [1.807, 2.05) is 26.0 Å². The van der Waals surface area contributed by atoms with Gasteiger partial charge in [-0.25, -0.2) is 0 Å². The highest BCUT2D eigenvalue weighted by Gasteiger charge is 2.35. The molecule has 1 aromatic rings. The minimum atomic E-state index is -0.0982. The first kappa shape index (κ1) is 22.8. The minimum Gasteiger partial charge on any atom is -0.336 e. The molecular formula is C24H38N4O2. The van der Waals surface area contributed by atoms with Gasteiger partial charge in [0.25, 0.3) is 0 Å². The van der Waals surface area contributed by atoms with Gasteiger partial charge in [-0.3, -0.25) is 19.4 Å². The van der Waals surface area contributed by atoms with Crippen molar-refractivity contribution < 1.29 is 9.59 Å². The van der Waals surface area contributed by atoms with E-state index in [-0.39, 0.29) is 17.9 Å². The lowest BCUT2D eigenvalue weighted by molar-refractivity contribution is -0.143. The molecule has 6 nitrogen and oxygen atoms in total. The molecule has 0 spiro atoms. The Kier molecular flexibility index (Phi) is 7.53. The molecule has 6 heteroatoms. The third kappa shape index (κ3) is 5.22. The number of hydrogen-bond donors (Lipinski definition) is 1. The molecule has 0 bridgehead atoms. The second-order valence-electron chi connectivity index (χ2n) is 9.16. The van der Waals surface area contributed by atoms with Crippen molar-refractivity contribution in [3.8, 4) is 0 Å². The number of carbonyl (C=O) groups is 2. The second-order valence-corrected chi connectivity index (χ2v) is 9.16. The van der Waals surface area contributed by atoms with Crippen LogP contribution in [0.15, 0.2) is 18.2 Å². The van der Waals surface area contributed by atoms with Crippen LogP contribution in [0.25, 0.3) is 0 Å². The lowest BCUT2D eigenvalue weighted by Crippen LogP contribution is -2.58. The first-order chi connectivity index (χ1) is 14.3. The van der Waals surface area contributed by atoms with Gasteiger partial charge in [0.2, 0.25) is 11.8 Å². The molecule has 1 N–H and O–H groups in total. The summed E-state index contributed by atoms with van der Waals surface area (Å²) >= 11 is 0. The predicted molar refractivity (Wildman–Crippen MR) is 122 cm³/mol. The first-order valence-electron chi connectivity index (χ1n) is 11.4. The van der Waals surface area contributed by atoms with Gasteiger partial charge >= 0.3 is 0 Å². The van der Waals surface area contributed by atoms with E-state index in [9.17, 15) is 9.59 Å². The maximum Gasteiger partial charge on any atom is 0.240 e. The number of amides is 2. The van der Waals surface area contributed by atoms with Gasteiger partial charge in [-0.15, -0.1) is 0 Å². The van der Waals surface area contributed by atoms with Crippen molar-refractivity contribution in [2.75, 3.05) is 38.0 Å². The molecular weight excluding hydrogens is 376 g/mol. The normalized spacial score (nSPS) is 24.5. The van der Waals surface area contributed by atoms with E-state index in [1.54, 1.807) is 0 Å². The average molecular weight is 415 g/mol. The van der Waals surface area contributed by atoms with Crippen molar-refractivity contribution in [2.24, 2.45) is 0 Å². The zero-order chi connectivity index (χ0) is 21.8. The fourth-order valence-electron chi connectivity index (χ4n) is 4.82. The molecule has 0 aromatic heterocycles. The summed E-state index contributed by atoms with van der Waals surface area (Å²) in [7, 11) is 0. The molecule has 2 aliphatic heterocycles. The summed E-state index contributed by atoms with van der Waals surface area (Å²) < 4.78 is 0. The van der Waals surface area contributed by atoms with Crippen molar-refractivity contribution in [3.63, 3.8) is 0 Å². The van der Waals surface area contributed by atoms with Crippen molar-refractivity contribution in [1.82, 2.24) is 14.7 Å². The molecule has 2 amide bonds. The molecule has 2 aliphatic rings. The van der Waals surface area contributed by atoms with E-state index in [1.165, 1.54) is 12.0 Å². The molecule has 0 saturated carbocycles. The summed E-state index contributed by atoms with van der Waals surface area (Å²) in [6.07, 6.45) is 3.42. The van der Waals surface area contributed by atoms with Gasteiger partial charge in [0.15, 0.2) is 0 Å². The lowest BCUT2D eigenvalue weighted by Gasteiger charge is -2.44. The van der Waals surface area contributed by atoms with Gasteiger partial charge in [0.1, 0.15) is 0 Å². The summed E-state index contributed by atoms with van der Waals surface area (Å²) in [5.41, 5.74) is 3.18. The Morgan fingerprint density at radius 3 is 2.33 bits per heavy atom. The SMILES string of the molecule is Cc1cccc(NC(=O)CN2CCN([C@@H](C)C(=O)N3[C@H](C)CCC[C@@H]3C)CC2)c1C. The second kappa shape index (κ2) is 9.92. The largest absolute Gasteiger partial charge is 0.336 e. The van der Waals surface area contributed by atoms with Crippen molar-refractivity contribution in [2.45, 2.75) is 72.0 Å². The highest BCUT2D eigenvalue weighted by molar-refractivity contribution is 5.93. The van der Waals surface area contributed by atoms with Gasteiger partial charge in [-0.2, -0.15) is 0 Å². The van der Waals surface area contributed by atoms with E-state index < -0.39 is 0 Å². The van der Waals surface area contributed by atoms with Crippen molar-refractivity contribution in [3.05, 3.63) is 29.3 Å². The van der Waals surface area contributed by atoms with Gasteiger partial charge in [-0.05, 0) is 71.1 Å². The Morgan fingerprint density at radius 1 is 1.07 bits per heavy atom.